The van der Waals surface area contributed by atoms with Crippen molar-refractivity contribution in [1.29, 1.82) is 0 Å². The number of para-hydroxylation sites is 3. The van der Waals surface area contributed by atoms with Crippen LogP contribution >= 0.6 is 0 Å². The Bertz CT molecular complexity index is 2970. The van der Waals surface area contributed by atoms with Crippen molar-refractivity contribution in [3.8, 4) is 56.4 Å². The first-order valence-corrected chi connectivity index (χ1v) is 17.2. The molecule has 0 amide bonds. The van der Waals surface area contributed by atoms with Gasteiger partial charge in [-0.3, -0.25) is 0 Å². The van der Waals surface area contributed by atoms with Crippen LogP contribution in [0.4, 0.5) is 0 Å². The molecule has 0 saturated heterocycles. The molecule has 1 aromatic heterocycles. The van der Waals surface area contributed by atoms with Crippen molar-refractivity contribution in [2.24, 2.45) is 0 Å². The monoisotopic (exact) mass is 652 g/mol. The molecule has 11 rings (SSSR count). The number of furan rings is 1. The zero-order chi connectivity index (χ0) is 33.5. The van der Waals surface area contributed by atoms with E-state index in [4.69, 9.17) is 13.9 Å². The highest BCUT2D eigenvalue weighted by Crippen LogP contribution is 2.51. The van der Waals surface area contributed by atoms with Crippen LogP contribution in [-0.4, -0.2) is 0 Å². The van der Waals surface area contributed by atoms with Gasteiger partial charge in [0.2, 0.25) is 0 Å². The van der Waals surface area contributed by atoms with Gasteiger partial charge in [0.1, 0.15) is 11.2 Å². The minimum atomic E-state index is 0.722. The highest BCUT2D eigenvalue weighted by Gasteiger charge is 2.23. The van der Waals surface area contributed by atoms with Crippen LogP contribution in [0.1, 0.15) is 0 Å². The summed E-state index contributed by atoms with van der Waals surface area (Å²) < 4.78 is 19.1. The molecule has 0 N–H and O–H groups in total. The van der Waals surface area contributed by atoms with Crippen LogP contribution in [-0.2, 0) is 0 Å². The number of hydrogen-bond acceptors (Lipinski definition) is 3. The van der Waals surface area contributed by atoms with Gasteiger partial charge in [-0.15, -0.1) is 0 Å². The molecule has 0 atom stereocenters. The second kappa shape index (κ2) is 10.8. The van der Waals surface area contributed by atoms with Crippen LogP contribution in [0, 0.1) is 0 Å². The summed E-state index contributed by atoms with van der Waals surface area (Å²) in [6, 6.07) is 59.7. The van der Waals surface area contributed by atoms with E-state index in [9.17, 15) is 0 Å². The first-order valence-electron chi connectivity index (χ1n) is 17.2. The van der Waals surface area contributed by atoms with Gasteiger partial charge in [-0.1, -0.05) is 133 Å². The second-order valence-corrected chi connectivity index (χ2v) is 13.2. The average Bonchev–Trinajstić information content (AvgIpc) is 3.57. The molecule has 2 heterocycles. The van der Waals surface area contributed by atoms with Crippen molar-refractivity contribution >= 4 is 54.3 Å². The maximum atomic E-state index is 6.39. The zero-order valence-corrected chi connectivity index (χ0v) is 27.4. The lowest BCUT2D eigenvalue weighted by molar-refractivity contribution is 0.363. The Kier molecular flexibility index (Phi) is 5.96. The summed E-state index contributed by atoms with van der Waals surface area (Å²) in [6.07, 6.45) is 0. The lowest BCUT2D eigenvalue weighted by Crippen LogP contribution is -2.00. The van der Waals surface area contributed by atoms with Crippen LogP contribution in [0.5, 0.6) is 23.0 Å². The predicted octanol–water partition coefficient (Wildman–Crippen LogP) is 13.9. The SMILES string of the molecule is c1ccc2c(c1)Oc1cc(-c3ccc(-c4c5ccccc5c(-c5ccc6c(c5)oc5ccccc56)c5ccccc45)cc3)c3ccccc3c1O2. The number of rotatable bonds is 3. The molecule has 0 unspecified atom stereocenters. The Morgan fingerprint density at radius 3 is 1.47 bits per heavy atom. The smallest absolute Gasteiger partial charge is 0.177 e. The molecule has 1 aliphatic rings. The van der Waals surface area contributed by atoms with Crippen LogP contribution in [0.15, 0.2) is 174 Å². The number of fused-ring (bicyclic) bond motifs is 9. The normalized spacial score (nSPS) is 12.2. The van der Waals surface area contributed by atoms with Gasteiger partial charge >= 0.3 is 0 Å². The van der Waals surface area contributed by atoms with E-state index in [-0.39, 0.29) is 0 Å². The molecule has 0 bridgehead atoms. The Morgan fingerprint density at radius 2 is 0.784 bits per heavy atom. The third-order valence-electron chi connectivity index (χ3n) is 10.3. The van der Waals surface area contributed by atoms with Crippen molar-refractivity contribution in [1.82, 2.24) is 0 Å². The van der Waals surface area contributed by atoms with E-state index in [0.717, 1.165) is 72.4 Å². The second-order valence-electron chi connectivity index (χ2n) is 13.2. The molecule has 51 heavy (non-hydrogen) atoms. The molecule has 0 spiro atoms. The van der Waals surface area contributed by atoms with Gasteiger partial charge in [0, 0.05) is 16.2 Å². The molecule has 3 heteroatoms. The summed E-state index contributed by atoms with van der Waals surface area (Å²) in [5.41, 5.74) is 8.78. The van der Waals surface area contributed by atoms with Gasteiger partial charge < -0.3 is 13.9 Å². The average molecular weight is 653 g/mol. The fraction of sp³-hybridized carbons (Fsp3) is 0. The van der Waals surface area contributed by atoms with Crippen molar-refractivity contribution in [2.45, 2.75) is 0 Å². The summed E-state index contributed by atoms with van der Waals surface area (Å²) in [5, 5.41) is 9.27. The molecule has 3 nitrogen and oxygen atoms in total. The minimum absolute atomic E-state index is 0.722. The van der Waals surface area contributed by atoms with Crippen molar-refractivity contribution in [2.75, 3.05) is 0 Å². The molecular formula is C48H28O3. The minimum Gasteiger partial charge on any atom is -0.456 e. The predicted molar refractivity (Wildman–Crippen MR) is 209 cm³/mol. The Labute approximate surface area is 293 Å². The van der Waals surface area contributed by atoms with Crippen molar-refractivity contribution < 1.29 is 13.9 Å². The van der Waals surface area contributed by atoms with Crippen LogP contribution in [0.3, 0.4) is 0 Å². The summed E-state index contributed by atoms with van der Waals surface area (Å²) in [4.78, 5) is 0. The van der Waals surface area contributed by atoms with Gasteiger partial charge in [-0.25, -0.2) is 0 Å². The van der Waals surface area contributed by atoms with E-state index in [2.05, 4.69) is 127 Å². The highest BCUT2D eigenvalue weighted by molar-refractivity contribution is 6.22. The van der Waals surface area contributed by atoms with Gasteiger partial charge in [-0.05, 0) is 96.7 Å². The van der Waals surface area contributed by atoms with E-state index < -0.39 is 0 Å². The molecule has 238 valence electrons. The maximum Gasteiger partial charge on any atom is 0.177 e. The van der Waals surface area contributed by atoms with Gasteiger partial charge in [0.15, 0.2) is 23.0 Å². The first-order chi connectivity index (χ1) is 25.3. The van der Waals surface area contributed by atoms with Gasteiger partial charge in [0.25, 0.3) is 0 Å². The molecule has 0 fully saturated rings. The van der Waals surface area contributed by atoms with E-state index in [1.807, 2.05) is 42.5 Å². The molecule has 10 aromatic rings. The van der Waals surface area contributed by atoms with Crippen LogP contribution in [0.2, 0.25) is 0 Å². The van der Waals surface area contributed by atoms with E-state index in [0.29, 0.717) is 0 Å². The fourth-order valence-electron chi connectivity index (χ4n) is 8.04. The first kappa shape index (κ1) is 28.0. The molecule has 0 saturated carbocycles. The third kappa shape index (κ3) is 4.25. The van der Waals surface area contributed by atoms with Crippen LogP contribution in [0.25, 0.3) is 87.6 Å². The topological polar surface area (TPSA) is 31.6 Å². The summed E-state index contributed by atoms with van der Waals surface area (Å²) in [6.45, 7) is 0. The molecule has 0 radical (unpaired) electrons. The summed E-state index contributed by atoms with van der Waals surface area (Å²) in [5.74, 6) is 2.93. The Balaban J connectivity index is 1.07. The summed E-state index contributed by atoms with van der Waals surface area (Å²) >= 11 is 0. The number of benzene rings is 9. The van der Waals surface area contributed by atoms with Gasteiger partial charge in [-0.2, -0.15) is 0 Å². The summed E-state index contributed by atoms with van der Waals surface area (Å²) in [7, 11) is 0. The van der Waals surface area contributed by atoms with Gasteiger partial charge in [0.05, 0.1) is 0 Å². The zero-order valence-electron chi connectivity index (χ0n) is 27.4. The Morgan fingerprint density at radius 1 is 0.294 bits per heavy atom. The lowest BCUT2D eigenvalue weighted by atomic mass is 9.85. The highest BCUT2D eigenvalue weighted by atomic mass is 16.6. The fourth-order valence-corrected chi connectivity index (χ4v) is 8.04. The van der Waals surface area contributed by atoms with E-state index in [1.165, 1.54) is 38.2 Å². The molecule has 9 aromatic carbocycles. The van der Waals surface area contributed by atoms with Crippen molar-refractivity contribution in [3.05, 3.63) is 170 Å². The standard InChI is InChI=1S/C48H28O3/c1-6-17-39-32(11-1)40(28-45-48(39)51-43-20-10-9-19-42(43)50-45)29-21-23-30(24-22-29)46-35-13-2-4-15-37(35)47(38-16-5-3-14-36(38)46)31-25-26-34-33-12-7-8-18-41(33)49-44(34)27-31/h1-28H. The third-order valence-corrected chi connectivity index (χ3v) is 10.3. The van der Waals surface area contributed by atoms with E-state index in [1.54, 1.807) is 0 Å². The molecule has 1 aliphatic heterocycles. The quantitative estimate of drug-likeness (QED) is 0.178. The Hall–Kier alpha value is -6.84. The molecule has 0 aliphatic carbocycles. The van der Waals surface area contributed by atoms with E-state index >= 15 is 0 Å². The molecular weight excluding hydrogens is 625 g/mol. The number of hydrogen-bond donors (Lipinski definition) is 0. The largest absolute Gasteiger partial charge is 0.456 e. The van der Waals surface area contributed by atoms with Crippen LogP contribution < -0.4 is 9.47 Å². The maximum absolute atomic E-state index is 6.39. The van der Waals surface area contributed by atoms with Crippen molar-refractivity contribution in [3.63, 3.8) is 0 Å². The lowest BCUT2D eigenvalue weighted by Gasteiger charge is -2.23. The number of ether oxygens (including phenoxy) is 2.